The van der Waals surface area contributed by atoms with Gasteiger partial charge in [0.25, 0.3) is 5.88 Å². The summed E-state index contributed by atoms with van der Waals surface area (Å²) in [5.41, 5.74) is 0.772. The second-order valence-corrected chi connectivity index (χ2v) is 5.57. The Hall–Kier alpha value is -1.10. The molecular formula is C14H20BrN3O. The van der Waals surface area contributed by atoms with Crippen LogP contribution < -0.4 is 4.74 Å². The zero-order valence-electron chi connectivity index (χ0n) is 11.5. The minimum absolute atomic E-state index is 0.593. The van der Waals surface area contributed by atoms with E-state index in [1.807, 2.05) is 16.8 Å². The Morgan fingerprint density at radius 1 is 1.42 bits per heavy atom. The van der Waals surface area contributed by atoms with Gasteiger partial charge in [-0.25, -0.2) is 9.97 Å². The van der Waals surface area contributed by atoms with E-state index in [0.29, 0.717) is 18.4 Å². The van der Waals surface area contributed by atoms with Crippen molar-refractivity contribution >= 4 is 21.6 Å². The molecule has 0 saturated carbocycles. The van der Waals surface area contributed by atoms with Crippen molar-refractivity contribution in [3.05, 3.63) is 23.2 Å². The highest BCUT2D eigenvalue weighted by Crippen LogP contribution is 2.21. The van der Waals surface area contributed by atoms with E-state index in [1.54, 1.807) is 6.20 Å². The number of halogens is 1. The summed E-state index contributed by atoms with van der Waals surface area (Å²) in [4.78, 5) is 8.65. The fourth-order valence-electron chi connectivity index (χ4n) is 2.07. The molecule has 0 bridgehead atoms. The molecule has 0 saturated heterocycles. The molecule has 19 heavy (non-hydrogen) atoms. The summed E-state index contributed by atoms with van der Waals surface area (Å²) >= 11 is 3.39. The Kier molecular flexibility index (Phi) is 5.19. The second kappa shape index (κ2) is 6.89. The highest BCUT2D eigenvalue weighted by molar-refractivity contribution is 9.10. The molecule has 2 aromatic rings. The normalized spacial score (nSPS) is 12.8. The van der Waals surface area contributed by atoms with Crippen molar-refractivity contribution in [3.8, 4) is 5.88 Å². The predicted octanol–water partition coefficient (Wildman–Crippen LogP) is 4.09. The third-order valence-electron chi connectivity index (χ3n) is 3.31. The Bertz CT molecular complexity index is 526. The summed E-state index contributed by atoms with van der Waals surface area (Å²) in [5.74, 6) is 1.20. The second-order valence-electron chi connectivity index (χ2n) is 4.75. The van der Waals surface area contributed by atoms with Crippen molar-refractivity contribution < 1.29 is 4.74 Å². The summed E-state index contributed by atoms with van der Waals surface area (Å²) in [5, 5.41) is 0. The zero-order valence-corrected chi connectivity index (χ0v) is 13.1. The fraction of sp³-hybridized carbons (Fsp3) is 0.571. The third kappa shape index (κ3) is 3.69. The van der Waals surface area contributed by atoms with E-state index >= 15 is 0 Å². The van der Waals surface area contributed by atoms with Crippen molar-refractivity contribution in [1.82, 2.24) is 14.4 Å². The Morgan fingerprint density at radius 2 is 2.26 bits per heavy atom. The summed E-state index contributed by atoms with van der Waals surface area (Å²) in [6, 6.07) is 0. The summed E-state index contributed by atoms with van der Waals surface area (Å²) < 4.78 is 8.56. The van der Waals surface area contributed by atoms with Crippen LogP contribution in [0, 0.1) is 5.92 Å². The SMILES string of the molecule is CCCCC(CC)COc1nc(Br)cn2ccnc12. The monoisotopic (exact) mass is 325 g/mol. The average Bonchev–Trinajstić information content (AvgIpc) is 2.86. The quantitative estimate of drug-likeness (QED) is 0.769. The number of nitrogens with zero attached hydrogens (tertiary/aromatic N) is 3. The van der Waals surface area contributed by atoms with Crippen LogP contribution in [0.25, 0.3) is 5.65 Å². The molecule has 2 rings (SSSR count). The maximum atomic E-state index is 5.88. The molecule has 1 unspecified atom stereocenters. The number of hydrogen-bond donors (Lipinski definition) is 0. The maximum absolute atomic E-state index is 5.88. The first kappa shape index (κ1) is 14.3. The van der Waals surface area contributed by atoms with E-state index in [-0.39, 0.29) is 0 Å². The van der Waals surface area contributed by atoms with Crippen LogP contribution in [0.5, 0.6) is 5.88 Å². The van der Waals surface area contributed by atoms with Gasteiger partial charge in [0.1, 0.15) is 4.60 Å². The highest BCUT2D eigenvalue weighted by Gasteiger charge is 2.11. The molecule has 2 aromatic heterocycles. The molecule has 0 aliphatic rings. The number of ether oxygens (including phenoxy) is 1. The smallest absolute Gasteiger partial charge is 0.259 e. The minimum Gasteiger partial charge on any atom is -0.475 e. The van der Waals surface area contributed by atoms with E-state index in [9.17, 15) is 0 Å². The first-order chi connectivity index (χ1) is 9.24. The molecule has 5 heteroatoms. The largest absolute Gasteiger partial charge is 0.475 e. The molecule has 2 heterocycles. The van der Waals surface area contributed by atoms with Crippen LogP contribution in [0.2, 0.25) is 0 Å². The zero-order chi connectivity index (χ0) is 13.7. The van der Waals surface area contributed by atoms with Crippen LogP contribution >= 0.6 is 15.9 Å². The third-order valence-corrected chi connectivity index (χ3v) is 3.70. The molecule has 0 aliphatic heterocycles. The molecule has 1 atom stereocenters. The number of fused-ring (bicyclic) bond motifs is 1. The van der Waals surface area contributed by atoms with Crippen molar-refractivity contribution in [2.45, 2.75) is 39.5 Å². The van der Waals surface area contributed by atoms with Crippen LogP contribution in [0.3, 0.4) is 0 Å². The standard InChI is InChI=1S/C14H20BrN3O/c1-3-5-6-11(4-2)10-19-14-13-16-7-8-18(13)9-12(15)17-14/h7-9,11H,3-6,10H2,1-2H3. The van der Waals surface area contributed by atoms with Gasteiger partial charge in [-0.2, -0.15) is 0 Å². The number of imidazole rings is 1. The first-order valence-electron chi connectivity index (χ1n) is 6.86. The Balaban J connectivity index is 2.06. The summed E-state index contributed by atoms with van der Waals surface area (Å²) in [6.45, 7) is 5.14. The number of unbranched alkanes of at least 4 members (excludes halogenated alkanes) is 1. The molecular weight excluding hydrogens is 306 g/mol. The van der Waals surface area contributed by atoms with Crippen LogP contribution in [0.1, 0.15) is 39.5 Å². The van der Waals surface area contributed by atoms with Gasteiger partial charge < -0.3 is 4.74 Å². The van der Waals surface area contributed by atoms with E-state index < -0.39 is 0 Å². The lowest BCUT2D eigenvalue weighted by molar-refractivity contribution is 0.227. The first-order valence-corrected chi connectivity index (χ1v) is 7.65. The van der Waals surface area contributed by atoms with Crippen LogP contribution in [-0.2, 0) is 0 Å². The number of hydrogen-bond acceptors (Lipinski definition) is 3. The molecule has 0 spiro atoms. The molecule has 104 valence electrons. The van der Waals surface area contributed by atoms with Gasteiger partial charge in [0.15, 0.2) is 0 Å². The van der Waals surface area contributed by atoms with Gasteiger partial charge in [-0.15, -0.1) is 0 Å². The van der Waals surface area contributed by atoms with Gasteiger partial charge >= 0.3 is 0 Å². The molecule has 0 aromatic carbocycles. The van der Waals surface area contributed by atoms with Crippen molar-refractivity contribution in [1.29, 1.82) is 0 Å². The van der Waals surface area contributed by atoms with Gasteiger partial charge in [0, 0.05) is 18.6 Å². The van der Waals surface area contributed by atoms with Crippen molar-refractivity contribution in [3.63, 3.8) is 0 Å². The molecule has 0 amide bonds. The average molecular weight is 326 g/mol. The maximum Gasteiger partial charge on any atom is 0.259 e. The summed E-state index contributed by atoms with van der Waals surface area (Å²) in [7, 11) is 0. The van der Waals surface area contributed by atoms with Crippen LogP contribution in [-0.4, -0.2) is 21.0 Å². The van der Waals surface area contributed by atoms with Gasteiger partial charge in [-0.1, -0.05) is 33.1 Å². The Morgan fingerprint density at radius 3 is 3.00 bits per heavy atom. The summed E-state index contributed by atoms with van der Waals surface area (Å²) in [6.07, 6.45) is 10.4. The highest BCUT2D eigenvalue weighted by atomic mass is 79.9. The van der Waals surface area contributed by atoms with E-state index in [4.69, 9.17) is 4.74 Å². The molecule has 0 fully saturated rings. The molecule has 0 radical (unpaired) electrons. The van der Waals surface area contributed by atoms with Crippen molar-refractivity contribution in [2.75, 3.05) is 6.61 Å². The van der Waals surface area contributed by atoms with Gasteiger partial charge in [-0.05, 0) is 28.3 Å². The van der Waals surface area contributed by atoms with E-state index in [1.165, 1.54) is 19.3 Å². The van der Waals surface area contributed by atoms with Gasteiger partial charge in [0.05, 0.1) is 6.61 Å². The van der Waals surface area contributed by atoms with Crippen LogP contribution in [0.4, 0.5) is 0 Å². The lowest BCUT2D eigenvalue weighted by Crippen LogP contribution is -2.12. The number of rotatable bonds is 7. The van der Waals surface area contributed by atoms with Crippen LogP contribution in [0.15, 0.2) is 23.2 Å². The number of aromatic nitrogens is 3. The van der Waals surface area contributed by atoms with Gasteiger partial charge in [0.2, 0.25) is 5.65 Å². The van der Waals surface area contributed by atoms with Crippen molar-refractivity contribution in [2.24, 2.45) is 5.92 Å². The molecule has 0 aliphatic carbocycles. The Labute approximate surface area is 122 Å². The predicted molar refractivity (Wildman–Crippen MR) is 79.5 cm³/mol. The lowest BCUT2D eigenvalue weighted by Gasteiger charge is -2.15. The topological polar surface area (TPSA) is 39.4 Å². The lowest BCUT2D eigenvalue weighted by atomic mass is 10.0. The minimum atomic E-state index is 0.593. The van der Waals surface area contributed by atoms with Gasteiger partial charge in [-0.3, -0.25) is 4.40 Å². The molecule has 0 N–H and O–H groups in total. The fourth-order valence-corrected chi connectivity index (χ4v) is 2.45. The van der Waals surface area contributed by atoms with E-state index in [0.717, 1.165) is 16.7 Å². The van der Waals surface area contributed by atoms with E-state index in [2.05, 4.69) is 39.7 Å². The molecule has 4 nitrogen and oxygen atoms in total.